The number of hydrogen-bond acceptors (Lipinski definition) is 9. The third kappa shape index (κ3) is 6.08. The van der Waals surface area contributed by atoms with Crippen LogP contribution >= 0.6 is 0 Å². The van der Waals surface area contributed by atoms with E-state index < -0.39 is 27.8 Å². The number of methoxy groups -OCH3 is 1. The predicted octanol–water partition coefficient (Wildman–Crippen LogP) is 4.23. The van der Waals surface area contributed by atoms with Gasteiger partial charge in [0.1, 0.15) is 17.6 Å². The highest BCUT2D eigenvalue weighted by molar-refractivity contribution is 7.89. The second-order valence-corrected chi connectivity index (χ2v) is 11.8. The number of carbonyl (C=O) groups excluding carboxylic acids is 1. The van der Waals surface area contributed by atoms with Crippen molar-refractivity contribution in [2.24, 2.45) is 0 Å². The van der Waals surface area contributed by atoms with Gasteiger partial charge in [-0.25, -0.2) is 22.8 Å². The van der Waals surface area contributed by atoms with Crippen LogP contribution in [0.4, 0.5) is 16.0 Å². The first-order valence-electron chi connectivity index (χ1n) is 13.5. The van der Waals surface area contributed by atoms with Gasteiger partial charge in [-0.3, -0.25) is 4.79 Å². The Hall–Kier alpha value is -4.75. The number of fused-ring (bicyclic) bond motifs is 1. The van der Waals surface area contributed by atoms with E-state index in [0.29, 0.717) is 47.4 Å². The molecule has 1 aromatic heterocycles. The van der Waals surface area contributed by atoms with Gasteiger partial charge in [0.25, 0.3) is 0 Å². The Morgan fingerprint density at radius 1 is 1.02 bits per heavy atom. The van der Waals surface area contributed by atoms with Crippen LogP contribution in [0, 0.1) is 5.82 Å². The van der Waals surface area contributed by atoms with Gasteiger partial charge in [-0.1, -0.05) is 0 Å². The van der Waals surface area contributed by atoms with Gasteiger partial charge in [0, 0.05) is 17.8 Å². The molecule has 13 heteroatoms. The third-order valence-corrected chi connectivity index (χ3v) is 9.09. The monoisotopic (exact) mass is 605 g/mol. The lowest BCUT2D eigenvalue weighted by molar-refractivity contribution is -0.124. The molecule has 3 heterocycles. The van der Waals surface area contributed by atoms with Gasteiger partial charge in [-0.2, -0.15) is 4.31 Å². The molecule has 0 radical (unpaired) electrons. The van der Waals surface area contributed by atoms with Crippen molar-refractivity contribution in [2.75, 3.05) is 25.8 Å². The van der Waals surface area contributed by atoms with Crippen LogP contribution in [0.15, 0.2) is 77.7 Å². The Labute approximate surface area is 247 Å². The average molecular weight is 606 g/mol. The lowest BCUT2D eigenvalue weighted by Gasteiger charge is -2.23. The number of hydrogen-bond donors (Lipinski definition) is 2. The minimum Gasteiger partial charge on any atom is -0.497 e. The Morgan fingerprint density at radius 3 is 2.56 bits per heavy atom. The van der Waals surface area contributed by atoms with Crippen molar-refractivity contribution in [1.82, 2.24) is 19.6 Å². The Kier molecular flexibility index (Phi) is 7.82. The number of anilines is 2. The average Bonchev–Trinajstić information content (AvgIpc) is 3.71. The fourth-order valence-electron chi connectivity index (χ4n) is 4.98. The van der Waals surface area contributed by atoms with Gasteiger partial charge in [0.05, 0.1) is 29.9 Å². The molecule has 2 aliphatic heterocycles. The van der Waals surface area contributed by atoms with Crippen molar-refractivity contribution >= 4 is 27.6 Å². The van der Waals surface area contributed by atoms with Crippen LogP contribution in [0.3, 0.4) is 0 Å². The topological polar surface area (TPSA) is 132 Å². The van der Waals surface area contributed by atoms with Crippen molar-refractivity contribution in [1.29, 1.82) is 0 Å². The van der Waals surface area contributed by atoms with Crippen molar-refractivity contribution in [3.63, 3.8) is 0 Å². The number of aromatic nitrogens is 2. The standard InChI is InChI=1S/C30H28FN5O6S/c1-40-23-9-7-21(8-10-23)33-30-34-22(16-25(35-30)19-4-13-27-28(15-19)42-18-41-27)17-32-29(37)26-3-2-14-36(26)43(38,39)24-11-5-20(31)6-12-24/h4-13,15-16,26H,2-3,14,17-18H2,1H3,(H,32,37)(H,33,34,35)/t26-/m0/s1. The molecule has 0 aliphatic carbocycles. The van der Waals surface area contributed by atoms with E-state index in [0.717, 1.165) is 23.4 Å². The summed E-state index contributed by atoms with van der Waals surface area (Å²) in [7, 11) is -2.40. The van der Waals surface area contributed by atoms with E-state index in [2.05, 4.69) is 20.6 Å². The molecular weight excluding hydrogens is 577 g/mol. The Bertz CT molecular complexity index is 1750. The molecule has 0 bridgehead atoms. The van der Waals surface area contributed by atoms with Crippen LogP contribution in [0.25, 0.3) is 11.3 Å². The molecule has 2 aliphatic rings. The van der Waals surface area contributed by atoms with E-state index in [4.69, 9.17) is 14.2 Å². The smallest absolute Gasteiger partial charge is 0.243 e. The van der Waals surface area contributed by atoms with E-state index in [1.54, 1.807) is 31.4 Å². The first-order valence-corrected chi connectivity index (χ1v) is 15.0. The minimum atomic E-state index is -3.99. The molecule has 0 saturated carbocycles. The minimum absolute atomic E-state index is 0.0249. The molecule has 1 fully saturated rings. The van der Waals surface area contributed by atoms with Gasteiger partial charge < -0.3 is 24.8 Å². The summed E-state index contributed by atoms with van der Waals surface area (Å²) in [4.78, 5) is 22.5. The number of nitrogens with one attached hydrogen (secondary N) is 2. The van der Waals surface area contributed by atoms with Crippen LogP contribution in [0.1, 0.15) is 18.5 Å². The van der Waals surface area contributed by atoms with Gasteiger partial charge in [0.15, 0.2) is 11.5 Å². The molecule has 11 nitrogen and oxygen atoms in total. The van der Waals surface area contributed by atoms with E-state index in [1.165, 1.54) is 16.4 Å². The normalized spacial score (nSPS) is 16.2. The molecule has 2 N–H and O–H groups in total. The zero-order valence-electron chi connectivity index (χ0n) is 23.1. The second-order valence-electron chi connectivity index (χ2n) is 9.94. The highest BCUT2D eigenvalue weighted by Crippen LogP contribution is 2.36. The molecule has 1 atom stereocenters. The number of halogens is 1. The van der Waals surface area contributed by atoms with Crippen LogP contribution in [-0.2, 0) is 21.4 Å². The molecule has 6 rings (SSSR count). The van der Waals surface area contributed by atoms with E-state index >= 15 is 0 Å². The van der Waals surface area contributed by atoms with Crippen molar-refractivity contribution < 1.29 is 31.8 Å². The summed E-state index contributed by atoms with van der Waals surface area (Å²) in [6.07, 6.45) is 0.888. The van der Waals surface area contributed by atoms with E-state index in [-0.39, 0.29) is 24.8 Å². The highest BCUT2D eigenvalue weighted by atomic mass is 32.2. The van der Waals surface area contributed by atoms with E-state index in [1.807, 2.05) is 24.3 Å². The molecule has 4 aromatic rings. The zero-order chi connectivity index (χ0) is 30.0. The molecule has 0 unspecified atom stereocenters. The molecule has 1 amide bonds. The molecule has 0 spiro atoms. The maximum atomic E-state index is 13.4. The largest absolute Gasteiger partial charge is 0.497 e. The fourth-order valence-corrected chi connectivity index (χ4v) is 6.63. The summed E-state index contributed by atoms with van der Waals surface area (Å²) in [5, 5.41) is 6.03. The van der Waals surface area contributed by atoms with Crippen LogP contribution in [0.5, 0.6) is 17.2 Å². The number of nitrogens with zero attached hydrogens (tertiary/aromatic N) is 3. The van der Waals surface area contributed by atoms with Crippen molar-refractivity contribution in [3.8, 4) is 28.5 Å². The maximum Gasteiger partial charge on any atom is 0.243 e. The van der Waals surface area contributed by atoms with Crippen LogP contribution in [-0.4, -0.2) is 55.1 Å². The number of benzene rings is 3. The predicted molar refractivity (Wildman–Crippen MR) is 155 cm³/mol. The first kappa shape index (κ1) is 28.4. The van der Waals surface area contributed by atoms with Crippen molar-refractivity contribution in [2.45, 2.75) is 30.3 Å². The maximum absolute atomic E-state index is 13.4. The number of rotatable bonds is 9. The second kappa shape index (κ2) is 11.9. The number of amides is 1. The molecule has 222 valence electrons. The van der Waals surface area contributed by atoms with Gasteiger partial charge in [0.2, 0.25) is 28.7 Å². The van der Waals surface area contributed by atoms with Crippen LogP contribution < -0.4 is 24.8 Å². The number of carbonyl (C=O) groups is 1. The molecule has 1 saturated heterocycles. The summed E-state index contributed by atoms with van der Waals surface area (Å²) in [5.41, 5.74) is 2.56. The quantitative estimate of drug-likeness (QED) is 0.288. The van der Waals surface area contributed by atoms with Crippen molar-refractivity contribution in [3.05, 3.63) is 84.3 Å². The fraction of sp³-hybridized carbons (Fsp3) is 0.233. The zero-order valence-corrected chi connectivity index (χ0v) is 23.9. The Morgan fingerprint density at radius 2 is 1.79 bits per heavy atom. The van der Waals surface area contributed by atoms with E-state index in [9.17, 15) is 17.6 Å². The third-order valence-electron chi connectivity index (χ3n) is 7.16. The van der Waals surface area contributed by atoms with Crippen LogP contribution in [0.2, 0.25) is 0 Å². The van der Waals surface area contributed by atoms with Gasteiger partial charge >= 0.3 is 0 Å². The number of ether oxygens (including phenoxy) is 3. The lowest BCUT2D eigenvalue weighted by Crippen LogP contribution is -2.45. The first-order chi connectivity index (χ1) is 20.8. The number of sulfonamides is 1. The molecular formula is C30H28FN5O6S. The SMILES string of the molecule is COc1ccc(Nc2nc(CNC(=O)[C@@H]3CCCN3S(=O)(=O)c3ccc(F)cc3)cc(-c3ccc4c(c3)OCO4)n2)cc1. The summed E-state index contributed by atoms with van der Waals surface area (Å²) in [5.74, 6) is 1.24. The summed E-state index contributed by atoms with van der Waals surface area (Å²) >= 11 is 0. The van der Waals surface area contributed by atoms with Gasteiger partial charge in [-0.15, -0.1) is 0 Å². The molecule has 3 aromatic carbocycles. The summed E-state index contributed by atoms with van der Waals surface area (Å²) in [6, 6.07) is 18.2. The highest BCUT2D eigenvalue weighted by Gasteiger charge is 2.39. The summed E-state index contributed by atoms with van der Waals surface area (Å²) < 4.78 is 57.2. The molecule has 43 heavy (non-hydrogen) atoms. The van der Waals surface area contributed by atoms with Gasteiger partial charge in [-0.05, 0) is 85.6 Å². The summed E-state index contributed by atoms with van der Waals surface area (Å²) in [6.45, 7) is 0.353. The Balaban J connectivity index is 1.24. The lowest BCUT2D eigenvalue weighted by atomic mass is 10.1.